The molecule has 0 unspecified atom stereocenters. The first kappa shape index (κ1) is 13.9. The highest BCUT2D eigenvalue weighted by molar-refractivity contribution is 5.74. The van der Waals surface area contributed by atoms with Crippen molar-refractivity contribution in [2.24, 2.45) is 5.41 Å². The second kappa shape index (κ2) is 5.61. The van der Waals surface area contributed by atoms with Crippen LogP contribution in [0.4, 0.5) is 0 Å². The van der Waals surface area contributed by atoms with Crippen molar-refractivity contribution in [3.05, 3.63) is 29.8 Å². The number of carboxylic acids is 1. The van der Waals surface area contributed by atoms with E-state index in [4.69, 9.17) is 4.74 Å². The van der Waals surface area contributed by atoms with E-state index in [0.717, 1.165) is 30.9 Å². The predicted molar refractivity (Wildman–Crippen MR) is 73.2 cm³/mol. The zero-order valence-electron chi connectivity index (χ0n) is 11.6. The minimum absolute atomic E-state index is 0.558. The molecule has 0 aliphatic carbocycles. The first-order chi connectivity index (χ1) is 9.05. The van der Waals surface area contributed by atoms with Crippen molar-refractivity contribution >= 4 is 5.97 Å². The average Bonchev–Trinajstić information content (AvgIpc) is 2.42. The summed E-state index contributed by atoms with van der Waals surface area (Å²) in [6.45, 7) is 4.30. The molecule has 1 N–H and O–H groups in total. The monoisotopic (exact) mass is 263 g/mol. The van der Waals surface area contributed by atoms with Gasteiger partial charge in [-0.2, -0.15) is 0 Å². The second-order valence-corrected chi connectivity index (χ2v) is 5.45. The molecule has 104 valence electrons. The van der Waals surface area contributed by atoms with Crippen molar-refractivity contribution in [1.82, 2.24) is 4.90 Å². The zero-order chi connectivity index (χ0) is 13.9. The Labute approximate surface area is 114 Å². The van der Waals surface area contributed by atoms with Gasteiger partial charge >= 0.3 is 5.97 Å². The SMILES string of the molecule is COc1ccccc1CN1CCC(C)(C(=O)O)CC1. The fourth-order valence-electron chi connectivity index (χ4n) is 2.49. The van der Waals surface area contributed by atoms with Crippen molar-refractivity contribution in [2.75, 3.05) is 20.2 Å². The number of benzene rings is 1. The fourth-order valence-corrected chi connectivity index (χ4v) is 2.49. The van der Waals surface area contributed by atoms with Gasteiger partial charge in [-0.15, -0.1) is 0 Å². The highest BCUT2D eigenvalue weighted by Gasteiger charge is 2.36. The van der Waals surface area contributed by atoms with Crippen LogP contribution >= 0.6 is 0 Å². The Hall–Kier alpha value is -1.55. The molecule has 1 saturated heterocycles. The van der Waals surface area contributed by atoms with Crippen LogP contribution in [0.3, 0.4) is 0 Å². The van der Waals surface area contributed by atoms with Crippen molar-refractivity contribution < 1.29 is 14.6 Å². The Kier molecular flexibility index (Phi) is 4.10. The molecule has 2 rings (SSSR count). The Morgan fingerprint density at radius 3 is 2.58 bits per heavy atom. The van der Waals surface area contributed by atoms with Crippen LogP contribution in [0.1, 0.15) is 25.3 Å². The van der Waals surface area contributed by atoms with Gasteiger partial charge in [0.15, 0.2) is 0 Å². The lowest BCUT2D eigenvalue weighted by Gasteiger charge is -2.36. The quantitative estimate of drug-likeness (QED) is 0.906. The third-order valence-corrected chi connectivity index (χ3v) is 4.06. The summed E-state index contributed by atoms with van der Waals surface area (Å²) >= 11 is 0. The number of likely N-dealkylation sites (tertiary alicyclic amines) is 1. The molecule has 1 heterocycles. The van der Waals surface area contributed by atoms with E-state index in [2.05, 4.69) is 11.0 Å². The van der Waals surface area contributed by atoms with Gasteiger partial charge in [0.05, 0.1) is 12.5 Å². The predicted octanol–water partition coefficient (Wildman–Crippen LogP) is 2.38. The topological polar surface area (TPSA) is 49.8 Å². The molecule has 1 aliphatic rings. The summed E-state index contributed by atoms with van der Waals surface area (Å²) in [4.78, 5) is 13.5. The summed E-state index contributed by atoms with van der Waals surface area (Å²) in [5.41, 5.74) is 0.598. The van der Waals surface area contributed by atoms with Crippen molar-refractivity contribution in [1.29, 1.82) is 0 Å². The largest absolute Gasteiger partial charge is 0.496 e. The van der Waals surface area contributed by atoms with E-state index in [1.807, 2.05) is 25.1 Å². The molecule has 0 bridgehead atoms. The minimum Gasteiger partial charge on any atom is -0.496 e. The highest BCUT2D eigenvalue weighted by Crippen LogP contribution is 2.32. The van der Waals surface area contributed by atoms with Gasteiger partial charge in [-0.1, -0.05) is 18.2 Å². The molecule has 1 aromatic rings. The number of para-hydroxylation sites is 1. The normalized spacial score (nSPS) is 19.1. The van der Waals surface area contributed by atoms with Gasteiger partial charge in [0, 0.05) is 12.1 Å². The summed E-state index contributed by atoms with van der Waals surface area (Å²) in [5.74, 6) is 0.221. The molecule has 0 atom stereocenters. The van der Waals surface area contributed by atoms with E-state index < -0.39 is 11.4 Å². The van der Waals surface area contributed by atoms with E-state index in [1.165, 1.54) is 0 Å². The Morgan fingerprint density at radius 2 is 2.00 bits per heavy atom. The van der Waals surface area contributed by atoms with Gasteiger partial charge in [-0.3, -0.25) is 9.69 Å². The maximum atomic E-state index is 11.2. The van der Waals surface area contributed by atoms with Crippen LogP contribution in [0.25, 0.3) is 0 Å². The number of carbonyl (C=O) groups is 1. The lowest BCUT2D eigenvalue weighted by Crippen LogP contribution is -2.42. The van der Waals surface area contributed by atoms with Crippen LogP contribution in [-0.4, -0.2) is 36.2 Å². The zero-order valence-corrected chi connectivity index (χ0v) is 11.6. The molecule has 0 saturated carbocycles. The third-order valence-electron chi connectivity index (χ3n) is 4.06. The van der Waals surface area contributed by atoms with Crippen LogP contribution < -0.4 is 4.74 Å². The van der Waals surface area contributed by atoms with Gasteiger partial charge < -0.3 is 9.84 Å². The van der Waals surface area contributed by atoms with Crippen LogP contribution in [-0.2, 0) is 11.3 Å². The van der Waals surface area contributed by atoms with E-state index in [1.54, 1.807) is 7.11 Å². The molecule has 0 radical (unpaired) electrons. The molecule has 1 aromatic carbocycles. The summed E-state index contributed by atoms with van der Waals surface area (Å²) in [7, 11) is 1.68. The number of aliphatic carboxylic acids is 1. The standard InChI is InChI=1S/C15H21NO3/c1-15(14(17)18)7-9-16(10-8-15)11-12-5-3-4-6-13(12)19-2/h3-6H,7-11H2,1-2H3,(H,17,18). The van der Waals surface area contributed by atoms with Crippen molar-refractivity contribution in [3.8, 4) is 5.75 Å². The number of rotatable bonds is 4. The molecule has 4 heteroatoms. The molecular formula is C15H21NO3. The minimum atomic E-state index is -0.676. The number of hydrogen-bond donors (Lipinski definition) is 1. The molecule has 1 fully saturated rings. The molecule has 0 spiro atoms. The molecule has 0 amide bonds. The average molecular weight is 263 g/mol. The van der Waals surface area contributed by atoms with Gasteiger partial charge in [0.25, 0.3) is 0 Å². The molecule has 1 aliphatic heterocycles. The number of methoxy groups -OCH3 is 1. The fraction of sp³-hybridized carbons (Fsp3) is 0.533. The Balaban J connectivity index is 1.98. The lowest BCUT2D eigenvalue weighted by atomic mass is 9.80. The highest BCUT2D eigenvalue weighted by atomic mass is 16.5. The first-order valence-corrected chi connectivity index (χ1v) is 6.63. The van der Waals surface area contributed by atoms with Crippen molar-refractivity contribution in [3.63, 3.8) is 0 Å². The van der Waals surface area contributed by atoms with Crippen molar-refractivity contribution in [2.45, 2.75) is 26.3 Å². The van der Waals surface area contributed by atoms with E-state index >= 15 is 0 Å². The van der Waals surface area contributed by atoms with E-state index in [-0.39, 0.29) is 0 Å². The van der Waals surface area contributed by atoms with Crippen LogP contribution in [0.5, 0.6) is 5.75 Å². The van der Waals surface area contributed by atoms with Crippen LogP contribution in [0, 0.1) is 5.41 Å². The number of piperidine rings is 1. The maximum absolute atomic E-state index is 11.2. The lowest BCUT2D eigenvalue weighted by molar-refractivity contribution is -0.150. The number of carboxylic acid groups (broad SMARTS) is 1. The number of nitrogens with zero attached hydrogens (tertiary/aromatic N) is 1. The summed E-state index contributed by atoms with van der Waals surface area (Å²) in [6.07, 6.45) is 1.41. The third kappa shape index (κ3) is 3.07. The smallest absolute Gasteiger partial charge is 0.309 e. The van der Waals surface area contributed by atoms with Crippen LogP contribution in [0.15, 0.2) is 24.3 Å². The van der Waals surface area contributed by atoms with E-state index in [0.29, 0.717) is 12.8 Å². The van der Waals surface area contributed by atoms with Gasteiger partial charge in [-0.05, 0) is 38.9 Å². The summed E-state index contributed by atoms with van der Waals surface area (Å²) in [6, 6.07) is 7.98. The number of hydrogen-bond acceptors (Lipinski definition) is 3. The van der Waals surface area contributed by atoms with Gasteiger partial charge in [0.1, 0.15) is 5.75 Å². The second-order valence-electron chi connectivity index (χ2n) is 5.45. The Bertz CT molecular complexity index is 450. The number of ether oxygens (including phenoxy) is 1. The van der Waals surface area contributed by atoms with Crippen LogP contribution in [0.2, 0.25) is 0 Å². The summed E-state index contributed by atoms with van der Waals surface area (Å²) < 4.78 is 5.35. The maximum Gasteiger partial charge on any atom is 0.309 e. The van der Waals surface area contributed by atoms with E-state index in [9.17, 15) is 9.90 Å². The molecular weight excluding hydrogens is 242 g/mol. The summed E-state index contributed by atoms with van der Waals surface area (Å²) in [5, 5.41) is 9.22. The van der Waals surface area contributed by atoms with Gasteiger partial charge in [-0.25, -0.2) is 0 Å². The Morgan fingerprint density at radius 1 is 1.37 bits per heavy atom. The molecule has 0 aromatic heterocycles. The first-order valence-electron chi connectivity index (χ1n) is 6.63. The molecule has 19 heavy (non-hydrogen) atoms. The van der Waals surface area contributed by atoms with Gasteiger partial charge in [0.2, 0.25) is 0 Å². The molecule has 4 nitrogen and oxygen atoms in total.